The highest BCUT2D eigenvalue weighted by molar-refractivity contribution is 5.46. The molecule has 0 radical (unpaired) electrons. The SMILES string of the molecule is CNc1ccc(C(NC)c2ccccc2C)cc1. The molecule has 0 spiro atoms. The summed E-state index contributed by atoms with van der Waals surface area (Å²) in [6, 6.07) is 17.3. The molecule has 0 saturated heterocycles. The fourth-order valence-corrected chi connectivity index (χ4v) is 2.25. The van der Waals surface area contributed by atoms with Gasteiger partial charge in [0.25, 0.3) is 0 Å². The van der Waals surface area contributed by atoms with Crippen LogP contribution in [-0.2, 0) is 0 Å². The number of rotatable bonds is 4. The smallest absolute Gasteiger partial charge is 0.0576 e. The third-order valence-electron chi connectivity index (χ3n) is 3.32. The van der Waals surface area contributed by atoms with Gasteiger partial charge in [0.2, 0.25) is 0 Å². The zero-order chi connectivity index (χ0) is 13.0. The van der Waals surface area contributed by atoms with Crippen LogP contribution >= 0.6 is 0 Å². The van der Waals surface area contributed by atoms with Crippen molar-refractivity contribution in [1.82, 2.24) is 5.32 Å². The van der Waals surface area contributed by atoms with Gasteiger partial charge >= 0.3 is 0 Å². The summed E-state index contributed by atoms with van der Waals surface area (Å²) in [5.74, 6) is 0. The Kier molecular flexibility index (Phi) is 4.00. The summed E-state index contributed by atoms with van der Waals surface area (Å²) in [5, 5.41) is 6.53. The number of benzene rings is 2. The zero-order valence-electron chi connectivity index (χ0n) is 11.2. The molecule has 2 aromatic rings. The van der Waals surface area contributed by atoms with E-state index >= 15 is 0 Å². The maximum absolute atomic E-state index is 3.39. The molecule has 1 unspecified atom stereocenters. The van der Waals surface area contributed by atoms with Gasteiger partial charge in [0.15, 0.2) is 0 Å². The lowest BCUT2D eigenvalue weighted by atomic mass is 9.95. The van der Waals surface area contributed by atoms with Crippen LogP contribution in [0, 0.1) is 6.92 Å². The van der Waals surface area contributed by atoms with E-state index in [-0.39, 0.29) is 6.04 Å². The molecule has 0 saturated carbocycles. The van der Waals surface area contributed by atoms with Gasteiger partial charge in [0, 0.05) is 12.7 Å². The van der Waals surface area contributed by atoms with Crippen molar-refractivity contribution in [3.8, 4) is 0 Å². The molecule has 0 aliphatic heterocycles. The van der Waals surface area contributed by atoms with E-state index in [1.165, 1.54) is 16.7 Å². The molecule has 18 heavy (non-hydrogen) atoms. The molecule has 2 aromatic carbocycles. The molecule has 0 bridgehead atoms. The maximum Gasteiger partial charge on any atom is 0.0576 e. The molecule has 0 fully saturated rings. The molecule has 2 rings (SSSR count). The van der Waals surface area contributed by atoms with Gasteiger partial charge in [-0.05, 0) is 42.8 Å². The number of anilines is 1. The Labute approximate surface area is 109 Å². The average molecular weight is 240 g/mol. The Bertz CT molecular complexity index is 503. The van der Waals surface area contributed by atoms with Crippen molar-refractivity contribution in [3.05, 3.63) is 65.2 Å². The Morgan fingerprint density at radius 2 is 1.56 bits per heavy atom. The Hall–Kier alpha value is -1.80. The highest BCUT2D eigenvalue weighted by Gasteiger charge is 2.13. The van der Waals surface area contributed by atoms with E-state index in [0.29, 0.717) is 0 Å². The van der Waals surface area contributed by atoms with Crippen molar-refractivity contribution in [2.45, 2.75) is 13.0 Å². The maximum atomic E-state index is 3.39. The second-order valence-electron chi connectivity index (χ2n) is 4.45. The Morgan fingerprint density at radius 3 is 2.11 bits per heavy atom. The van der Waals surface area contributed by atoms with Crippen molar-refractivity contribution in [1.29, 1.82) is 0 Å². The summed E-state index contributed by atoms with van der Waals surface area (Å²) in [6.45, 7) is 2.15. The second-order valence-corrected chi connectivity index (χ2v) is 4.45. The minimum atomic E-state index is 0.247. The minimum Gasteiger partial charge on any atom is -0.388 e. The predicted octanol–water partition coefficient (Wildman–Crippen LogP) is 3.35. The highest BCUT2D eigenvalue weighted by Crippen LogP contribution is 2.25. The average Bonchev–Trinajstić information content (AvgIpc) is 2.42. The standard InChI is InChI=1S/C16H20N2/c1-12-6-4-5-7-15(12)16(18-3)13-8-10-14(17-2)11-9-13/h4-11,16-18H,1-3H3. The molecule has 2 heteroatoms. The van der Waals surface area contributed by atoms with E-state index in [0.717, 1.165) is 5.69 Å². The van der Waals surface area contributed by atoms with Crippen molar-refractivity contribution in [3.63, 3.8) is 0 Å². The van der Waals surface area contributed by atoms with E-state index in [4.69, 9.17) is 0 Å². The van der Waals surface area contributed by atoms with Crippen LogP contribution < -0.4 is 10.6 Å². The molecule has 0 aliphatic carbocycles. The Morgan fingerprint density at radius 1 is 0.889 bits per heavy atom. The molecule has 0 amide bonds. The van der Waals surface area contributed by atoms with Crippen LogP contribution in [0.1, 0.15) is 22.7 Å². The summed E-state index contributed by atoms with van der Waals surface area (Å²) < 4.78 is 0. The molecule has 0 aromatic heterocycles. The number of nitrogens with one attached hydrogen (secondary N) is 2. The van der Waals surface area contributed by atoms with E-state index < -0.39 is 0 Å². The van der Waals surface area contributed by atoms with Gasteiger partial charge in [0.05, 0.1) is 6.04 Å². The van der Waals surface area contributed by atoms with Gasteiger partial charge in [-0.1, -0.05) is 36.4 Å². The first kappa shape index (κ1) is 12.7. The Balaban J connectivity index is 2.36. The normalized spacial score (nSPS) is 12.2. The summed E-state index contributed by atoms with van der Waals surface area (Å²) >= 11 is 0. The molecule has 0 aliphatic rings. The van der Waals surface area contributed by atoms with Crippen LogP contribution in [0.15, 0.2) is 48.5 Å². The third kappa shape index (κ3) is 2.54. The predicted molar refractivity (Wildman–Crippen MR) is 78.1 cm³/mol. The molecular formula is C16H20N2. The van der Waals surface area contributed by atoms with Crippen LogP contribution in [0.4, 0.5) is 5.69 Å². The number of hydrogen-bond donors (Lipinski definition) is 2. The molecule has 0 heterocycles. The first-order valence-electron chi connectivity index (χ1n) is 6.26. The van der Waals surface area contributed by atoms with Gasteiger partial charge < -0.3 is 10.6 Å². The van der Waals surface area contributed by atoms with E-state index in [1.807, 2.05) is 14.1 Å². The van der Waals surface area contributed by atoms with Crippen molar-refractivity contribution in [2.24, 2.45) is 0 Å². The zero-order valence-corrected chi connectivity index (χ0v) is 11.2. The van der Waals surface area contributed by atoms with Gasteiger partial charge in [-0.3, -0.25) is 0 Å². The molecule has 2 nitrogen and oxygen atoms in total. The quantitative estimate of drug-likeness (QED) is 0.856. The van der Waals surface area contributed by atoms with Crippen LogP contribution in [0.3, 0.4) is 0 Å². The molecule has 2 N–H and O–H groups in total. The lowest BCUT2D eigenvalue weighted by molar-refractivity contribution is 0.688. The third-order valence-corrected chi connectivity index (χ3v) is 3.32. The lowest BCUT2D eigenvalue weighted by Gasteiger charge is -2.19. The van der Waals surface area contributed by atoms with Gasteiger partial charge in [-0.2, -0.15) is 0 Å². The largest absolute Gasteiger partial charge is 0.388 e. The van der Waals surface area contributed by atoms with Crippen LogP contribution in [-0.4, -0.2) is 14.1 Å². The lowest BCUT2D eigenvalue weighted by Crippen LogP contribution is -2.18. The van der Waals surface area contributed by atoms with Crippen molar-refractivity contribution < 1.29 is 0 Å². The van der Waals surface area contributed by atoms with E-state index in [1.54, 1.807) is 0 Å². The number of hydrogen-bond acceptors (Lipinski definition) is 2. The van der Waals surface area contributed by atoms with Crippen LogP contribution in [0.2, 0.25) is 0 Å². The van der Waals surface area contributed by atoms with Gasteiger partial charge in [-0.15, -0.1) is 0 Å². The molecule has 1 atom stereocenters. The minimum absolute atomic E-state index is 0.247. The monoisotopic (exact) mass is 240 g/mol. The summed E-state index contributed by atoms with van der Waals surface area (Å²) in [5.41, 5.74) is 5.07. The first-order chi connectivity index (χ1) is 8.76. The fraction of sp³-hybridized carbons (Fsp3) is 0.250. The summed E-state index contributed by atoms with van der Waals surface area (Å²) in [7, 11) is 3.94. The van der Waals surface area contributed by atoms with Gasteiger partial charge in [-0.25, -0.2) is 0 Å². The summed E-state index contributed by atoms with van der Waals surface area (Å²) in [6.07, 6.45) is 0. The van der Waals surface area contributed by atoms with E-state index in [2.05, 4.69) is 66.1 Å². The fourth-order valence-electron chi connectivity index (χ4n) is 2.25. The first-order valence-corrected chi connectivity index (χ1v) is 6.26. The van der Waals surface area contributed by atoms with E-state index in [9.17, 15) is 0 Å². The summed E-state index contributed by atoms with van der Waals surface area (Å²) in [4.78, 5) is 0. The molecule has 94 valence electrons. The second kappa shape index (κ2) is 5.69. The number of aryl methyl sites for hydroxylation is 1. The van der Waals surface area contributed by atoms with Crippen molar-refractivity contribution >= 4 is 5.69 Å². The van der Waals surface area contributed by atoms with Crippen molar-refractivity contribution in [2.75, 3.05) is 19.4 Å². The van der Waals surface area contributed by atoms with Crippen LogP contribution in [0.25, 0.3) is 0 Å². The highest BCUT2D eigenvalue weighted by atomic mass is 14.9. The van der Waals surface area contributed by atoms with Crippen LogP contribution in [0.5, 0.6) is 0 Å². The van der Waals surface area contributed by atoms with Gasteiger partial charge in [0.1, 0.15) is 0 Å². The molecular weight excluding hydrogens is 220 g/mol. The topological polar surface area (TPSA) is 24.1 Å².